The Kier molecular flexibility index (Phi) is 5.72. The zero-order valence-corrected chi connectivity index (χ0v) is 15.2. The normalized spacial score (nSPS) is 17.4. The quantitative estimate of drug-likeness (QED) is 0.772. The lowest BCUT2D eigenvalue weighted by Crippen LogP contribution is -2.32. The second-order valence-electron chi connectivity index (χ2n) is 5.85. The van der Waals surface area contributed by atoms with E-state index in [9.17, 15) is 13.2 Å². The average Bonchev–Trinajstić information content (AvgIpc) is 3.28. The highest BCUT2D eigenvalue weighted by Gasteiger charge is 2.17. The first-order chi connectivity index (χ1) is 12.0. The van der Waals surface area contributed by atoms with Crippen LogP contribution in [0.15, 0.2) is 46.0 Å². The molecule has 0 radical (unpaired) electrons. The molecule has 6 nitrogen and oxygen atoms in total. The van der Waals surface area contributed by atoms with Gasteiger partial charge < -0.3 is 10.1 Å². The first-order valence-corrected chi connectivity index (χ1v) is 10.4. The van der Waals surface area contributed by atoms with Gasteiger partial charge in [0, 0.05) is 18.8 Å². The second-order valence-corrected chi connectivity index (χ2v) is 8.71. The van der Waals surface area contributed by atoms with Crippen LogP contribution in [0.2, 0.25) is 0 Å². The Bertz CT molecular complexity index is 796. The standard InChI is InChI=1S/C17H20N2O4S2/c20-16(18-12-15-3-1-9-23-15)11-13-5-7-14(8-6-13)19-25(21,22)17-4-2-10-24-17/h2,4-8,10,15,19H,1,3,9,11-12H2,(H,18,20). The van der Waals surface area contributed by atoms with Gasteiger partial charge in [0.2, 0.25) is 5.91 Å². The van der Waals surface area contributed by atoms with E-state index < -0.39 is 10.0 Å². The largest absolute Gasteiger partial charge is 0.376 e. The van der Waals surface area contributed by atoms with Crippen molar-refractivity contribution >= 4 is 33.0 Å². The van der Waals surface area contributed by atoms with Crippen LogP contribution in [0.25, 0.3) is 0 Å². The van der Waals surface area contributed by atoms with Gasteiger partial charge in [0.05, 0.1) is 12.5 Å². The third-order valence-corrected chi connectivity index (χ3v) is 6.66. The van der Waals surface area contributed by atoms with Crippen molar-refractivity contribution in [2.75, 3.05) is 17.9 Å². The van der Waals surface area contributed by atoms with E-state index in [1.807, 2.05) is 0 Å². The highest BCUT2D eigenvalue weighted by molar-refractivity contribution is 7.94. The van der Waals surface area contributed by atoms with Crippen molar-refractivity contribution in [2.24, 2.45) is 0 Å². The molecule has 1 aliphatic rings. The molecule has 1 aromatic heterocycles. The maximum absolute atomic E-state index is 12.2. The number of carbonyl (C=O) groups is 1. The number of anilines is 1. The number of benzene rings is 1. The number of thiophene rings is 1. The van der Waals surface area contributed by atoms with Gasteiger partial charge >= 0.3 is 0 Å². The summed E-state index contributed by atoms with van der Waals surface area (Å²) in [5, 5.41) is 4.59. The van der Waals surface area contributed by atoms with Crippen molar-refractivity contribution < 1.29 is 17.9 Å². The lowest BCUT2D eigenvalue weighted by Gasteiger charge is -2.11. The van der Waals surface area contributed by atoms with Crippen LogP contribution >= 0.6 is 11.3 Å². The summed E-state index contributed by atoms with van der Waals surface area (Å²) in [5.74, 6) is -0.0672. The number of nitrogens with one attached hydrogen (secondary N) is 2. The molecule has 2 N–H and O–H groups in total. The predicted molar refractivity (Wildman–Crippen MR) is 97.3 cm³/mol. The summed E-state index contributed by atoms with van der Waals surface area (Å²) in [6.45, 7) is 1.31. The van der Waals surface area contributed by atoms with Crippen LogP contribution in [0, 0.1) is 0 Å². The molecule has 1 saturated heterocycles. The summed E-state index contributed by atoms with van der Waals surface area (Å²) < 4.78 is 32.6. The smallest absolute Gasteiger partial charge is 0.271 e. The molecule has 1 fully saturated rings. The molecule has 1 unspecified atom stereocenters. The molecule has 2 aromatic rings. The van der Waals surface area contributed by atoms with E-state index in [4.69, 9.17) is 4.74 Å². The van der Waals surface area contributed by atoms with E-state index >= 15 is 0 Å². The van der Waals surface area contributed by atoms with Crippen molar-refractivity contribution in [3.05, 3.63) is 47.3 Å². The minimum Gasteiger partial charge on any atom is -0.376 e. The molecular formula is C17H20N2O4S2. The van der Waals surface area contributed by atoms with Gasteiger partial charge in [0.1, 0.15) is 4.21 Å². The van der Waals surface area contributed by atoms with Crippen molar-refractivity contribution in [3.8, 4) is 0 Å². The molecule has 0 aliphatic carbocycles. The molecule has 25 heavy (non-hydrogen) atoms. The van der Waals surface area contributed by atoms with Crippen molar-refractivity contribution in [1.82, 2.24) is 5.32 Å². The molecule has 1 aliphatic heterocycles. The lowest BCUT2D eigenvalue weighted by atomic mass is 10.1. The van der Waals surface area contributed by atoms with Crippen LogP contribution < -0.4 is 10.0 Å². The SMILES string of the molecule is O=C(Cc1ccc(NS(=O)(=O)c2cccs2)cc1)NCC1CCCO1. The summed E-state index contributed by atoms with van der Waals surface area (Å²) in [6, 6.07) is 10.1. The minimum absolute atomic E-state index is 0.0672. The van der Waals surface area contributed by atoms with Crippen LogP contribution in [0.4, 0.5) is 5.69 Å². The first kappa shape index (κ1) is 17.9. The molecule has 134 valence electrons. The zero-order valence-electron chi connectivity index (χ0n) is 13.6. The fourth-order valence-electron chi connectivity index (χ4n) is 2.59. The summed E-state index contributed by atoms with van der Waals surface area (Å²) in [5.41, 5.74) is 1.29. The Morgan fingerprint density at radius 2 is 2.04 bits per heavy atom. The van der Waals surface area contributed by atoms with Crippen LogP contribution in [0.1, 0.15) is 18.4 Å². The van der Waals surface area contributed by atoms with Gasteiger partial charge in [-0.3, -0.25) is 9.52 Å². The maximum Gasteiger partial charge on any atom is 0.271 e. The number of hydrogen-bond donors (Lipinski definition) is 2. The average molecular weight is 380 g/mol. The Hall–Kier alpha value is -1.90. The maximum atomic E-state index is 12.2. The van der Waals surface area contributed by atoms with Gasteiger partial charge in [0.25, 0.3) is 10.0 Å². The van der Waals surface area contributed by atoms with Gasteiger partial charge in [-0.05, 0) is 42.0 Å². The minimum atomic E-state index is -3.55. The Morgan fingerprint density at radius 1 is 1.24 bits per heavy atom. The molecule has 0 bridgehead atoms. The van der Waals surface area contributed by atoms with E-state index in [1.54, 1.807) is 41.8 Å². The molecule has 0 saturated carbocycles. The van der Waals surface area contributed by atoms with Crippen molar-refractivity contribution in [2.45, 2.75) is 29.6 Å². The Labute approximate surface area is 151 Å². The molecule has 8 heteroatoms. The zero-order chi connectivity index (χ0) is 17.7. The van der Waals surface area contributed by atoms with E-state index in [-0.39, 0.29) is 22.6 Å². The fourth-order valence-corrected chi connectivity index (χ4v) is 4.64. The molecule has 1 amide bonds. The lowest BCUT2D eigenvalue weighted by molar-refractivity contribution is -0.120. The monoisotopic (exact) mass is 380 g/mol. The highest BCUT2D eigenvalue weighted by Crippen LogP contribution is 2.20. The topological polar surface area (TPSA) is 84.5 Å². The summed E-state index contributed by atoms with van der Waals surface area (Å²) in [6.07, 6.45) is 2.41. The molecule has 0 spiro atoms. The van der Waals surface area contributed by atoms with Crippen molar-refractivity contribution in [3.63, 3.8) is 0 Å². The molecule has 3 rings (SSSR count). The Morgan fingerprint density at radius 3 is 2.68 bits per heavy atom. The van der Waals surface area contributed by atoms with Gasteiger partial charge in [-0.25, -0.2) is 8.42 Å². The predicted octanol–water partition coefficient (Wildman–Crippen LogP) is 2.39. The summed E-state index contributed by atoms with van der Waals surface area (Å²) in [4.78, 5) is 12.0. The van der Waals surface area contributed by atoms with Gasteiger partial charge in [0.15, 0.2) is 0 Å². The summed E-state index contributed by atoms with van der Waals surface area (Å²) >= 11 is 1.16. The van der Waals surface area contributed by atoms with E-state index in [2.05, 4.69) is 10.0 Å². The molecule has 1 atom stereocenters. The van der Waals surface area contributed by atoms with Crippen LogP contribution in [-0.4, -0.2) is 33.6 Å². The van der Waals surface area contributed by atoms with Gasteiger partial charge in [-0.1, -0.05) is 18.2 Å². The number of rotatable bonds is 7. The number of hydrogen-bond acceptors (Lipinski definition) is 5. The first-order valence-electron chi connectivity index (χ1n) is 8.06. The third-order valence-electron chi connectivity index (χ3n) is 3.88. The van der Waals surface area contributed by atoms with E-state index in [0.717, 1.165) is 36.3 Å². The van der Waals surface area contributed by atoms with Crippen LogP contribution in [-0.2, 0) is 26.0 Å². The summed E-state index contributed by atoms with van der Waals surface area (Å²) in [7, 11) is -3.55. The number of amides is 1. The second kappa shape index (κ2) is 7.99. The number of carbonyl (C=O) groups excluding carboxylic acids is 1. The number of ether oxygens (including phenoxy) is 1. The van der Waals surface area contributed by atoms with Gasteiger partial charge in [-0.15, -0.1) is 11.3 Å². The van der Waals surface area contributed by atoms with Crippen molar-refractivity contribution in [1.29, 1.82) is 0 Å². The van der Waals surface area contributed by atoms with E-state index in [0.29, 0.717) is 12.2 Å². The number of sulfonamides is 1. The molecular weight excluding hydrogens is 360 g/mol. The van der Waals surface area contributed by atoms with E-state index in [1.165, 1.54) is 0 Å². The third kappa shape index (κ3) is 5.04. The molecule has 1 aromatic carbocycles. The Balaban J connectivity index is 1.52. The van der Waals surface area contributed by atoms with Gasteiger partial charge in [-0.2, -0.15) is 0 Å². The highest BCUT2D eigenvalue weighted by atomic mass is 32.2. The fraction of sp³-hybridized carbons (Fsp3) is 0.353. The van der Waals surface area contributed by atoms with Crippen LogP contribution in [0.5, 0.6) is 0 Å². The van der Waals surface area contributed by atoms with Crippen LogP contribution in [0.3, 0.4) is 0 Å². The molecule has 2 heterocycles.